The summed E-state index contributed by atoms with van der Waals surface area (Å²) in [5, 5.41) is 0. The van der Waals surface area contributed by atoms with E-state index in [9.17, 15) is 4.39 Å². The normalized spacial score (nSPS) is 13.2. The van der Waals surface area contributed by atoms with Crippen molar-refractivity contribution in [2.45, 2.75) is 32.7 Å². The van der Waals surface area contributed by atoms with Gasteiger partial charge in [-0.25, -0.2) is 9.37 Å². The predicted octanol–water partition coefficient (Wildman–Crippen LogP) is 2.65. The molecule has 0 radical (unpaired) electrons. The Labute approximate surface area is 100 Å². The van der Waals surface area contributed by atoms with Gasteiger partial charge in [0, 0.05) is 19.0 Å². The standard InChI is InChI=1S/C13H18FN3/c1-3-9(8-15)13-16-12-10(14)6-5-7-11(12)17(13)4-2/h5-7,9H,3-4,8,15H2,1-2H3. The summed E-state index contributed by atoms with van der Waals surface area (Å²) in [6.45, 7) is 5.44. The average Bonchev–Trinajstić information content (AvgIpc) is 2.71. The number of nitrogens with zero attached hydrogens (tertiary/aromatic N) is 2. The number of aromatic nitrogens is 2. The van der Waals surface area contributed by atoms with E-state index in [4.69, 9.17) is 5.73 Å². The molecule has 2 aromatic rings. The SMILES string of the molecule is CCC(CN)c1nc2c(F)cccc2n1CC. The van der Waals surface area contributed by atoms with Gasteiger partial charge in [-0.05, 0) is 25.5 Å². The fourth-order valence-electron chi connectivity index (χ4n) is 2.23. The van der Waals surface area contributed by atoms with Crippen LogP contribution in [0.3, 0.4) is 0 Å². The molecule has 0 saturated carbocycles. The second-order valence-corrected chi connectivity index (χ2v) is 4.16. The van der Waals surface area contributed by atoms with Crippen molar-refractivity contribution in [3.8, 4) is 0 Å². The van der Waals surface area contributed by atoms with Gasteiger partial charge in [0.2, 0.25) is 0 Å². The van der Waals surface area contributed by atoms with E-state index in [0.29, 0.717) is 12.1 Å². The Morgan fingerprint density at radius 3 is 2.76 bits per heavy atom. The van der Waals surface area contributed by atoms with Gasteiger partial charge < -0.3 is 10.3 Å². The van der Waals surface area contributed by atoms with E-state index in [0.717, 1.165) is 24.3 Å². The molecule has 0 aliphatic carbocycles. The highest BCUT2D eigenvalue weighted by Gasteiger charge is 2.18. The lowest BCUT2D eigenvalue weighted by molar-refractivity contribution is 0.585. The Bertz CT molecular complexity index is 515. The smallest absolute Gasteiger partial charge is 0.151 e. The molecule has 0 aliphatic rings. The third-order valence-electron chi connectivity index (χ3n) is 3.22. The third kappa shape index (κ3) is 1.93. The summed E-state index contributed by atoms with van der Waals surface area (Å²) in [5.74, 6) is 0.835. The zero-order valence-corrected chi connectivity index (χ0v) is 10.3. The van der Waals surface area contributed by atoms with Crippen molar-refractivity contribution in [1.29, 1.82) is 0 Å². The van der Waals surface area contributed by atoms with Crippen molar-refractivity contribution >= 4 is 11.0 Å². The van der Waals surface area contributed by atoms with Gasteiger partial charge in [0.1, 0.15) is 11.3 Å². The molecule has 0 amide bonds. The number of rotatable bonds is 4. The van der Waals surface area contributed by atoms with Gasteiger partial charge in [-0.1, -0.05) is 13.0 Å². The summed E-state index contributed by atoms with van der Waals surface area (Å²) >= 11 is 0. The number of halogens is 1. The Kier molecular flexibility index (Phi) is 3.43. The van der Waals surface area contributed by atoms with Gasteiger partial charge in [0.05, 0.1) is 5.52 Å². The summed E-state index contributed by atoms with van der Waals surface area (Å²) in [6.07, 6.45) is 0.918. The summed E-state index contributed by atoms with van der Waals surface area (Å²) < 4.78 is 15.7. The molecule has 17 heavy (non-hydrogen) atoms. The molecule has 0 spiro atoms. The lowest BCUT2D eigenvalue weighted by atomic mass is 10.1. The monoisotopic (exact) mass is 235 g/mol. The largest absolute Gasteiger partial charge is 0.330 e. The van der Waals surface area contributed by atoms with Gasteiger partial charge in [-0.2, -0.15) is 0 Å². The maximum atomic E-state index is 13.7. The van der Waals surface area contributed by atoms with Crippen LogP contribution in [-0.4, -0.2) is 16.1 Å². The summed E-state index contributed by atoms with van der Waals surface area (Å²) in [4.78, 5) is 4.43. The lowest BCUT2D eigenvalue weighted by Gasteiger charge is -2.13. The van der Waals surface area contributed by atoms with Crippen LogP contribution >= 0.6 is 0 Å². The van der Waals surface area contributed by atoms with Crippen molar-refractivity contribution in [3.63, 3.8) is 0 Å². The topological polar surface area (TPSA) is 43.8 Å². The molecule has 3 nitrogen and oxygen atoms in total. The van der Waals surface area contributed by atoms with Gasteiger partial charge in [-0.3, -0.25) is 0 Å². The van der Waals surface area contributed by atoms with Crippen molar-refractivity contribution < 1.29 is 4.39 Å². The highest BCUT2D eigenvalue weighted by molar-refractivity contribution is 5.76. The van der Waals surface area contributed by atoms with Crippen molar-refractivity contribution in [1.82, 2.24) is 9.55 Å². The molecule has 2 N–H and O–H groups in total. The molecule has 1 unspecified atom stereocenters. The Morgan fingerprint density at radius 1 is 1.41 bits per heavy atom. The van der Waals surface area contributed by atoms with Crippen LogP contribution in [-0.2, 0) is 6.54 Å². The number of aryl methyl sites for hydroxylation is 1. The fourth-order valence-corrected chi connectivity index (χ4v) is 2.23. The first-order valence-electron chi connectivity index (χ1n) is 6.07. The molecule has 92 valence electrons. The molecule has 1 atom stereocenters. The molecule has 1 heterocycles. The Hall–Kier alpha value is -1.42. The van der Waals surface area contributed by atoms with Gasteiger partial charge in [-0.15, -0.1) is 0 Å². The Morgan fingerprint density at radius 2 is 2.18 bits per heavy atom. The lowest BCUT2D eigenvalue weighted by Crippen LogP contribution is -2.16. The maximum Gasteiger partial charge on any atom is 0.151 e. The van der Waals surface area contributed by atoms with E-state index in [-0.39, 0.29) is 11.7 Å². The number of imidazole rings is 1. The minimum Gasteiger partial charge on any atom is -0.330 e. The molecular weight excluding hydrogens is 217 g/mol. The van der Waals surface area contributed by atoms with Crippen LogP contribution in [0.15, 0.2) is 18.2 Å². The number of fused-ring (bicyclic) bond motifs is 1. The van der Waals surface area contributed by atoms with Crippen LogP contribution in [0, 0.1) is 5.82 Å². The van der Waals surface area contributed by atoms with Crippen LogP contribution < -0.4 is 5.73 Å². The highest BCUT2D eigenvalue weighted by Crippen LogP contribution is 2.25. The highest BCUT2D eigenvalue weighted by atomic mass is 19.1. The number of nitrogens with two attached hydrogens (primary N) is 1. The zero-order valence-electron chi connectivity index (χ0n) is 10.3. The average molecular weight is 235 g/mol. The van der Waals surface area contributed by atoms with E-state index < -0.39 is 0 Å². The van der Waals surface area contributed by atoms with Gasteiger partial charge >= 0.3 is 0 Å². The second kappa shape index (κ2) is 4.84. The number of hydrogen-bond donors (Lipinski definition) is 1. The maximum absolute atomic E-state index is 13.7. The number of hydrogen-bond acceptors (Lipinski definition) is 2. The summed E-state index contributed by atoms with van der Waals surface area (Å²) in [7, 11) is 0. The van der Waals surface area contributed by atoms with Crippen molar-refractivity contribution in [2.75, 3.05) is 6.54 Å². The number of benzene rings is 1. The first-order chi connectivity index (χ1) is 8.22. The van der Waals surface area contributed by atoms with Gasteiger partial charge in [0.15, 0.2) is 5.82 Å². The van der Waals surface area contributed by atoms with E-state index in [1.165, 1.54) is 6.07 Å². The summed E-state index contributed by atoms with van der Waals surface area (Å²) in [5.41, 5.74) is 7.06. The quantitative estimate of drug-likeness (QED) is 0.885. The van der Waals surface area contributed by atoms with Crippen LogP contribution in [0.25, 0.3) is 11.0 Å². The first-order valence-corrected chi connectivity index (χ1v) is 6.07. The van der Waals surface area contributed by atoms with Crippen LogP contribution in [0.1, 0.15) is 32.0 Å². The first kappa shape index (κ1) is 12.0. The van der Waals surface area contributed by atoms with Crippen LogP contribution in [0.4, 0.5) is 4.39 Å². The van der Waals surface area contributed by atoms with E-state index in [1.807, 2.05) is 13.0 Å². The molecule has 1 aromatic heterocycles. The molecule has 2 rings (SSSR count). The minimum absolute atomic E-state index is 0.196. The molecule has 0 aliphatic heterocycles. The fraction of sp³-hybridized carbons (Fsp3) is 0.462. The van der Waals surface area contributed by atoms with E-state index in [2.05, 4.69) is 16.5 Å². The van der Waals surface area contributed by atoms with Crippen molar-refractivity contribution in [3.05, 3.63) is 29.8 Å². The molecule has 0 saturated heterocycles. The molecule has 0 bridgehead atoms. The molecule has 4 heteroatoms. The molecule has 1 aromatic carbocycles. The third-order valence-corrected chi connectivity index (χ3v) is 3.22. The van der Waals surface area contributed by atoms with Crippen LogP contribution in [0.2, 0.25) is 0 Å². The Balaban J connectivity index is 2.67. The summed E-state index contributed by atoms with van der Waals surface area (Å²) in [6, 6.07) is 5.07. The second-order valence-electron chi connectivity index (χ2n) is 4.16. The molecular formula is C13H18FN3. The predicted molar refractivity (Wildman–Crippen MR) is 67.5 cm³/mol. The zero-order chi connectivity index (χ0) is 12.4. The van der Waals surface area contributed by atoms with Crippen molar-refractivity contribution in [2.24, 2.45) is 5.73 Å². The van der Waals surface area contributed by atoms with Gasteiger partial charge in [0.25, 0.3) is 0 Å². The van der Waals surface area contributed by atoms with E-state index >= 15 is 0 Å². The number of para-hydroxylation sites is 1. The minimum atomic E-state index is -0.261. The molecule has 0 fully saturated rings. The van der Waals surface area contributed by atoms with Crippen LogP contribution in [0.5, 0.6) is 0 Å². The van der Waals surface area contributed by atoms with E-state index in [1.54, 1.807) is 6.07 Å².